The van der Waals surface area contributed by atoms with E-state index < -0.39 is 53.5 Å². The average molecular weight is 582 g/mol. The lowest BCUT2D eigenvalue weighted by Crippen LogP contribution is -2.48. The minimum absolute atomic E-state index is 0.0507. The van der Waals surface area contributed by atoms with Crippen LogP contribution in [0.2, 0.25) is 0 Å². The summed E-state index contributed by atoms with van der Waals surface area (Å²) in [6.07, 6.45) is 0.0288. The lowest BCUT2D eigenvalue weighted by molar-refractivity contribution is -0.162. The summed E-state index contributed by atoms with van der Waals surface area (Å²) in [7, 11) is 0. The van der Waals surface area contributed by atoms with Gasteiger partial charge in [-0.2, -0.15) is 0 Å². The van der Waals surface area contributed by atoms with E-state index in [0.717, 1.165) is 11.1 Å². The van der Waals surface area contributed by atoms with Gasteiger partial charge in [-0.3, -0.25) is 4.79 Å². The second kappa shape index (κ2) is 14.4. The number of ether oxygens (including phenoxy) is 4. The van der Waals surface area contributed by atoms with Crippen molar-refractivity contribution in [2.24, 2.45) is 11.3 Å². The Labute approximate surface area is 246 Å². The van der Waals surface area contributed by atoms with E-state index in [2.05, 4.69) is 26.1 Å². The molecule has 9 heteroatoms. The Morgan fingerprint density at radius 3 is 1.83 bits per heavy atom. The molecular weight excluding hydrogens is 529 g/mol. The van der Waals surface area contributed by atoms with Gasteiger partial charge in [0.1, 0.15) is 41.9 Å². The molecule has 1 aromatic rings. The zero-order chi connectivity index (χ0) is 31.8. The van der Waals surface area contributed by atoms with Gasteiger partial charge in [-0.1, -0.05) is 32.9 Å². The monoisotopic (exact) mass is 581 g/mol. The number of alkyl carbamates (subject to hydrolysis) is 1. The molecule has 1 N–H and O–H groups in total. The molecule has 0 aliphatic rings. The molecule has 234 valence electrons. The zero-order valence-electron chi connectivity index (χ0n) is 27.2. The number of esters is 2. The van der Waals surface area contributed by atoms with Crippen LogP contribution in [-0.4, -0.2) is 54.2 Å². The summed E-state index contributed by atoms with van der Waals surface area (Å²) in [5.74, 6) is -1.40. The second-order valence-corrected chi connectivity index (χ2v) is 14.6. The predicted octanol–water partition coefficient (Wildman–Crippen LogP) is 6.75. The van der Waals surface area contributed by atoms with Crippen LogP contribution >= 0.6 is 0 Å². The summed E-state index contributed by atoms with van der Waals surface area (Å²) < 4.78 is 35.2. The van der Waals surface area contributed by atoms with Crippen LogP contribution in [0.25, 0.3) is 0 Å². The highest BCUT2D eigenvalue weighted by molar-refractivity contribution is 5.83. The fraction of sp³-hybridized carbons (Fsp3) is 0.719. The summed E-state index contributed by atoms with van der Waals surface area (Å²) >= 11 is 0. The highest BCUT2D eigenvalue weighted by Gasteiger charge is 2.35. The Bertz CT molecular complexity index is 1030. The number of nitrogens with one attached hydrogen (secondary N) is 1. The number of halogens is 1. The van der Waals surface area contributed by atoms with Gasteiger partial charge < -0.3 is 24.3 Å². The van der Waals surface area contributed by atoms with Crippen LogP contribution in [0.15, 0.2) is 18.2 Å². The van der Waals surface area contributed by atoms with E-state index in [4.69, 9.17) is 18.9 Å². The van der Waals surface area contributed by atoms with E-state index in [0.29, 0.717) is 12.2 Å². The van der Waals surface area contributed by atoms with Crippen molar-refractivity contribution < 1.29 is 37.7 Å². The first-order valence-electron chi connectivity index (χ1n) is 14.2. The minimum atomic E-state index is -1.16. The molecule has 0 aromatic heterocycles. The van der Waals surface area contributed by atoms with E-state index in [1.165, 1.54) is 0 Å². The molecule has 0 aliphatic heterocycles. The van der Waals surface area contributed by atoms with Gasteiger partial charge in [-0.15, -0.1) is 0 Å². The molecular formula is C32H52FNO7. The first-order chi connectivity index (χ1) is 18.5. The highest BCUT2D eigenvalue weighted by Crippen LogP contribution is 2.30. The summed E-state index contributed by atoms with van der Waals surface area (Å²) in [5, 5.41) is 2.61. The quantitative estimate of drug-likeness (QED) is 0.228. The molecule has 0 unspecified atom stereocenters. The van der Waals surface area contributed by atoms with Crippen LogP contribution in [-0.2, 0) is 36.6 Å². The van der Waals surface area contributed by atoms with Gasteiger partial charge in [0.25, 0.3) is 0 Å². The molecule has 8 nitrogen and oxygen atoms in total. The highest BCUT2D eigenvalue weighted by atomic mass is 19.1. The standard InChI is InChI=1S/C32H52FNO7/c1-29(2,3)20-23-18-21(13-14-25(23)38-16-15-33)17-22(26(35)39-30(4,5)6)19-24(27(36)40-31(7,8)9)34-28(37)41-32(10,11)12/h13-14,18,22,24H,15-17,19-20H2,1-12H3,(H,34,37)/t22-,24-/m0/s1. The number of alkyl halides is 1. The summed E-state index contributed by atoms with van der Waals surface area (Å²) in [6.45, 7) is 21.3. The molecule has 0 aliphatic carbocycles. The van der Waals surface area contributed by atoms with E-state index in [1.807, 2.05) is 12.1 Å². The third-order valence-electron chi connectivity index (χ3n) is 5.31. The van der Waals surface area contributed by atoms with Crippen molar-refractivity contribution in [3.05, 3.63) is 29.3 Å². The van der Waals surface area contributed by atoms with Crippen LogP contribution in [0.4, 0.5) is 9.18 Å². The Morgan fingerprint density at radius 2 is 1.34 bits per heavy atom. The van der Waals surface area contributed by atoms with E-state index in [9.17, 15) is 18.8 Å². The number of benzene rings is 1. The Hall–Kier alpha value is -2.84. The first-order valence-corrected chi connectivity index (χ1v) is 14.2. The molecule has 1 amide bonds. The number of amides is 1. The van der Waals surface area contributed by atoms with Crippen molar-refractivity contribution in [1.82, 2.24) is 5.32 Å². The topological polar surface area (TPSA) is 100 Å². The third-order valence-corrected chi connectivity index (χ3v) is 5.31. The summed E-state index contributed by atoms with van der Waals surface area (Å²) in [4.78, 5) is 39.4. The van der Waals surface area contributed by atoms with Gasteiger partial charge in [0, 0.05) is 0 Å². The molecule has 2 atom stereocenters. The van der Waals surface area contributed by atoms with Crippen molar-refractivity contribution in [3.63, 3.8) is 0 Å². The average Bonchev–Trinajstić information content (AvgIpc) is 2.72. The van der Waals surface area contributed by atoms with Crippen LogP contribution in [0, 0.1) is 11.3 Å². The third kappa shape index (κ3) is 15.7. The molecule has 0 radical (unpaired) electrons. The molecule has 0 saturated heterocycles. The van der Waals surface area contributed by atoms with E-state index in [1.54, 1.807) is 68.4 Å². The molecule has 0 fully saturated rings. The number of hydrogen-bond acceptors (Lipinski definition) is 7. The van der Waals surface area contributed by atoms with Gasteiger partial charge in [0.05, 0.1) is 5.92 Å². The first kappa shape index (κ1) is 36.2. The predicted molar refractivity (Wildman–Crippen MR) is 158 cm³/mol. The SMILES string of the molecule is CC(C)(C)Cc1cc(C[C@@H](C[C@H](NC(=O)OC(C)(C)C)C(=O)OC(C)(C)C)C(=O)OC(C)(C)C)ccc1OCCF. The maximum atomic E-state index is 13.5. The van der Waals surface area contributed by atoms with Gasteiger partial charge in [-0.25, -0.2) is 14.0 Å². The molecule has 0 heterocycles. The van der Waals surface area contributed by atoms with Crippen LogP contribution in [0.5, 0.6) is 5.75 Å². The summed E-state index contributed by atoms with van der Waals surface area (Å²) in [5.41, 5.74) is -0.742. The van der Waals surface area contributed by atoms with Gasteiger partial charge in [0.2, 0.25) is 0 Å². The maximum absolute atomic E-state index is 13.5. The van der Waals surface area contributed by atoms with Crippen molar-refractivity contribution >= 4 is 18.0 Å². The van der Waals surface area contributed by atoms with Crippen LogP contribution < -0.4 is 10.1 Å². The Morgan fingerprint density at radius 1 is 0.805 bits per heavy atom. The number of rotatable bonds is 11. The molecule has 1 rings (SSSR count). The van der Waals surface area contributed by atoms with Crippen LogP contribution in [0.3, 0.4) is 0 Å². The lowest BCUT2D eigenvalue weighted by atomic mass is 9.85. The van der Waals surface area contributed by atoms with E-state index in [-0.39, 0.29) is 24.9 Å². The van der Waals surface area contributed by atoms with Crippen molar-refractivity contribution in [2.75, 3.05) is 13.3 Å². The molecule has 1 aromatic carbocycles. The normalized spacial score (nSPS) is 14.1. The van der Waals surface area contributed by atoms with E-state index >= 15 is 0 Å². The smallest absolute Gasteiger partial charge is 0.408 e. The maximum Gasteiger partial charge on any atom is 0.408 e. The molecule has 0 bridgehead atoms. The number of hydrogen-bond donors (Lipinski definition) is 1. The Balaban J connectivity index is 3.46. The van der Waals surface area contributed by atoms with Gasteiger partial charge >= 0.3 is 18.0 Å². The molecule has 41 heavy (non-hydrogen) atoms. The molecule has 0 spiro atoms. The summed E-state index contributed by atoms with van der Waals surface area (Å²) in [6, 6.07) is 4.38. The number of carbonyl (C=O) groups is 3. The van der Waals surface area contributed by atoms with Crippen LogP contribution in [0.1, 0.15) is 101 Å². The largest absolute Gasteiger partial charge is 0.491 e. The van der Waals surface area contributed by atoms with Gasteiger partial charge in [-0.05, 0) is 104 Å². The minimum Gasteiger partial charge on any atom is -0.491 e. The fourth-order valence-corrected chi connectivity index (χ4v) is 4.01. The lowest BCUT2D eigenvalue weighted by Gasteiger charge is -2.29. The van der Waals surface area contributed by atoms with Crippen molar-refractivity contribution in [1.29, 1.82) is 0 Å². The Kier molecular flexibility index (Phi) is 12.7. The number of carbonyl (C=O) groups excluding carboxylic acids is 3. The van der Waals surface area contributed by atoms with Crippen molar-refractivity contribution in [2.45, 2.75) is 125 Å². The zero-order valence-corrected chi connectivity index (χ0v) is 27.2. The fourth-order valence-electron chi connectivity index (χ4n) is 4.01. The molecule has 0 saturated carbocycles. The van der Waals surface area contributed by atoms with Gasteiger partial charge in [0.15, 0.2) is 0 Å². The second-order valence-electron chi connectivity index (χ2n) is 14.6. The van der Waals surface area contributed by atoms with Crippen molar-refractivity contribution in [3.8, 4) is 5.75 Å².